The van der Waals surface area contributed by atoms with Gasteiger partial charge in [-0.15, -0.1) is 5.10 Å². The number of nitrogens with one attached hydrogen (secondary N) is 1. The standard InChI is InChI=1S/C12H11ClN4O3/c13-9-4-2-1-3-8(9)5-11(18)15-10-6-14-17(16-10)7-12(19)20/h1-4,6H,5,7H2,(H,19,20)(H,15,16,18). The number of hydrogen-bond acceptors (Lipinski definition) is 4. The zero-order chi connectivity index (χ0) is 14.5. The highest BCUT2D eigenvalue weighted by Gasteiger charge is 2.10. The van der Waals surface area contributed by atoms with Gasteiger partial charge in [0, 0.05) is 5.02 Å². The second kappa shape index (κ2) is 6.16. The van der Waals surface area contributed by atoms with Crippen molar-refractivity contribution in [2.75, 3.05) is 5.32 Å². The Balaban J connectivity index is 1.96. The van der Waals surface area contributed by atoms with Crippen molar-refractivity contribution in [1.29, 1.82) is 0 Å². The van der Waals surface area contributed by atoms with E-state index in [1.54, 1.807) is 24.3 Å². The molecule has 8 heteroatoms. The van der Waals surface area contributed by atoms with Crippen LogP contribution in [0.1, 0.15) is 5.56 Å². The number of aliphatic carboxylic acids is 1. The van der Waals surface area contributed by atoms with Gasteiger partial charge < -0.3 is 10.4 Å². The molecule has 0 fully saturated rings. The van der Waals surface area contributed by atoms with E-state index >= 15 is 0 Å². The monoisotopic (exact) mass is 294 g/mol. The molecule has 0 saturated carbocycles. The minimum absolute atomic E-state index is 0.103. The largest absolute Gasteiger partial charge is 0.480 e. The van der Waals surface area contributed by atoms with Gasteiger partial charge in [-0.3, -0.25) is 9.59 Å². The Morgan fingerprint density at radius 3 is 2.80 bits per heavy atom. The van der Waals surface area contributed by atoms with Crippen molar-refractivity contribution < 1.29 is 14.7 Å². The second-order valence-electron chi connectivity index (χ2n) is 3.97. The molecule has 104 valence electrons. The Bertz CT molecular complexity index is 641. The molecule has 0 aliphatic rings. The van der Waals surface area contributed by atoms with Crippen LogP contribution in [-0.2, 0) is 22.6 Å². The van der Waals surface area contributed by atoms with Crippen molar-refractivity contribution in [2.24, 2.45) is 0 Å². The van der Waals surface area contributed by atoms with Gasteiger partial charge in [0.05, 0.1) is 12.6 Å². The molecule has 2 N–H and O–H groups in total. The summed E-state index contributed by atoms with van der Waals surface area (Å²) in [6, 6.07) is 7.02. The minimum Gasteiger partial charge on any atom is -0.480 e. The van der Waals surface area contributed by atoms with Gasteiger partial charge in [-0.05, 0) is 11.6 Å². The average Bonchev–Trinajstić information content (AvgIpc) is 2.78. The second-order valence-corrected chi connectivity index (χ2v) is 4.38. The first-order chi connectivity index (χ1) is 9.54. The maximum absolute atomic E-state index is 11.8. The van der Waals surface area contributed by atoms with Gasteiger partial charge in [0.2, 0.25) is 5.91 Å². The first kappa shape index (κ1) is 14.0. The molecule has 0 aliphatic heterocycles. The van der Waals surface area contributed by atoms with Gasteiger partial charge >= 0.3 is 5.97 Å². The van der Waals surface area contributed by atoms with Gasteiger partial charge in [0.25, 0.3) is 0 Å². The summed E-state index contributed by atoms with van der Waals surface area (Å²) < 4.78 is 0. The number of carboxylic acids is 1. The van der Waals surface area contributed by atoms with E-state index in [0.29, 0.717) is 10.6 Å². The van der Waals surface area contributed by atoms with Crippen LogP contribution in [-0.4, -0.2) is 32.0 Å². The van der Waals surface area contributed by atoms with Crippen LogP contribution < -0.4 is 5.32 Å². The number of nitrogens with zero attached hydrogens (tertiary/aromatic N) is 3. The van der Waals surface area contributed by atoms with E-state index in [2.05, 4.69) is 15.5 Å². The summed E-state index contributed by atoms with van der Waals surface area (Å²) in [6.07, 6.45) is 1.39. The molecule has 0 aliphatic carbocycles. The van der Waals surface area contributed by atoms with E-state index in [0.717, 1.165) is 4.80 Å². The summed E-state index contributed by atoms with van der Waals surface area (Å²) in [7, 11) is 0. The molecule has 0 atom stereocenters. The van der Waals surface area contributed by atoms with Crippen LogP contribution in [0.4, 0.5) is 5.82 Å². The lowest BCUT2D eigenvalue weighted by Gasteiger charge is -2.03. The van der Waals surface area contributed by atoms with Crippen molar-refractivity contribution in [1.82, 2.24) is 15.0 Å². The summed E-state index contributed by atoms with van der Waals surface area (Å²) >= 11 is 5.96. The molecule has 2 aromatic rings. The van der Waals surface area contributed by atoms with Crippen LogP contribution >= 0.6 is 11.6 Å². The molecule has 0 unspecified atom stereocenters. The highest BCUT2D eigenvalue weighted by molar-refractivity contribution is 6.31. The number of carbonyl (C=O) groups excluding carboxylic acids is 1. The summed E-state index contributed by atoms with van der Waals surface area (Å²) in [4.78, 5) is 23.3. The summed E-state index contributed by atoms with van der Waals surface area (Å²) in [5, 5.41) is 19.2. The SMILES string of the molecule is O=C(O)Cn1ncc(NC(=O)Cc2ccccc2Cl)n1. The van der Waals surface area contributed by atoms with E-state index in [1.165, 1.54) is 6.20 Å². The first-order valence-electron chi connectivity index (χ1n) is 5.70. The highest BCUT2D eigenvalue weighted by Crippen LogP contribution is 2.15. The molecule has 1 aromatic carbocycles. The molecule has 0 saturated heterocycles. The lowest BCUT2D eigenvalue weighted by Crippen LogP contribution is -2.16. The number of hydrogen-bond donors (Lipinski definition) is 2. The number of amides is 1. The van der Waals surface area contributed by atoms with Crippen molar-refractivity contribution in [2.45, 2.75) is 13.0 Å². The quantitative estimate of drug-likeness (QED) is 0.863. The molecule has 0 spiro atoms. The zero-order valence-electron chi connectivity index (χ0n) is 10.3. The number of carbonyl (C=O) groups is 2. The molecule has 1 heterocycles. The number of halogens is 1. The topological polar surface area (TPSA) is 97.1 Å². The fraction of sp³-hybridized carbons (Fsp3) is 0.167. The number of anilines is 1. The lowest BCUT2D eigenvalue weighted by molar-refractivity contribution is -0.138. The Morgan fingerprint density at radius 1 is 1.35 bits per heavy atom. The van der Waals surface area contributed by atoms with Crippen molar-refractivity contribution >= 4 is 29.3 Å². The number of carboxylic acid groups (broad SMARTS) is 1. The third-order valence-corrected chi connectivity index (χ3v) is 2.76. The Kier molecular flexibility index (Phi) is 4.31. The van der Waals surface area contributed by atoms with Gasteiger partial charge in [-0.2, -0.15) is 9.90 Å². The smallest absolute Gasteiger partial charge is 0.327 e. The van der Waals surface area contributed by atoms with E-state index in [9.17, 15) is 9.59 Å². The van der Waals surface area contributed by atoms with Gasteiger partial charge in [0.15, 0.2) is 12.4 Å². The minimum atomic E-state index is -1.06. The van der Waals surface area contributed by atoms with Crippen LogP contribution in [0.15, 0.2) is 30.5 Å². The molecule has 1 aromatic heterocycles. The predicted octanol–water partition coefficient (Wildman–Crippen LogP) is 1.20. The molecule has 2 rings (SSSR count). The summed E-state index contributed by atoms with van der Waals surface area (Å²) in [6.45, 7) is -0.361. The van der Waals surface area contributed by atoms with Crippen LogP contribution in [0.2, 0.25) is 5.02 Å². The Labute approximate surface area is 119 Å². The van der Waals surface area contributed by atoms with E-state index in [1.807, 2.05) is 0 Å². The third-order valence-electron chi connectivity index (χ3n) is 2.39. The molecule has 0 bridgehead atoms. The van der Waals surface area contributed by atoms with Crippen LogP contribution in [0.5, 0.6) is 0 Å². The van der Waals surface area contributed by atoms with Crippen LogP contribution in [0, 0.1) is 0 Å². The van der Waals surface area contributed by atoms with E-state index in [4.69, 9.17) is 16.7 Å². The van der Waals surface area contributed by atoms with Gasteiger partial charge in [-0.25, -0.2) is 0 Å². The highest BCUT2D eigenvalue weighted by atomic mass is 35.5. The number of aromatic nitrogens is 3. The fourth-order valence-electron chi connectivity index (χ4n) is 1.55. The molecule has 1 amide bonds. The molecule has 20 heavy (non-hydrogen) atoms. The predicted molar refractivity (Wildman–Crippen MR) is 71.4 cm³/mol. The zero-order valence-corrected chi connectivity index (χ0v) is 11.0. The van der Waals surface area contributed by atoms with Crippen molar-refractivity contribution in [3.63, 3.8) is 0 Å². The normalized spacial score (nSPS) is 10.2. The maximum atomic E-state index is 11.8. The van der Waals surface area contributed by atoms with Crippen LogP contribution in [0.25, 0.3) is 0 Å². The first-order valence-corrected chi connectivity index (χ1v) is 6.07. The van der Waals surface area contributed by atoms with Crippen molar-refractivity contribution in [3.05, 3.63) is 41.0 Å². The van der Waals surface area contributed by atoms with E-state index < -0.39 is 5.97 Å². The van der Waals surface area contributed by atoms with Crippen molar-refractivity contribution in [3.8, 4) is 0 Å². The molecular weight excluding hydrogens is 284 g/mol. The number of rotatable bonds is 5. The molecular formula is C12H11ClN4O3. The summed E-state index contributed by atoms with van der Waals surface area (Å²) in [5.41, 5.74) is 0.699. The number of benzene rings is 1. The van der Waals surface area contributed by atoms with E-state index in [-0.39, 0.29) is 24.7 Å². The average molecular weight is 295 g/mol. The van der Waals surface area contributed by atoms with Gasteiger partial charge in [0.1, 0.15) is 0 Å². The summed E-state index contributed by atoms with van der Waals surface area (Å²) in [5.74, 6) is -1.17. The molecule has 0 radical (unpaired) electrons. The van der Waals surface area contributed by atoms with Crippen LogP contribution in [0.3, 0.4) is 0 Å². The fourth-order valence-corrected chi connectivity index (χ4v) is 1.76. The Hall–Kier alpha value is -2.41. The Morgan fingerprint density at radius 2 is 2.10 bits per heavy atom. The van der Waals surface area contributed by atoms with Gasteiger partial charge in [-0.1, -0.05) is 29.8 Å². The lowest BCUT2D eigenvalue weighted by atomic mass is 10.1. The third kappa shape index (κ3) is 3.79. The maximum Gasteiger partial charge on any atom is 0.327 e. The molecule has 7 nitrogen and oxygen atoms in total.